The third kappa shape index (κ3) is 2.61. The van der Waals surface area contributed by atoms with Crippen molar-refractivity contribution >= 4 is 22.8 Å². The lowest BCUT2D eigenvalue weighted by Gasteiger charge is -2.08. The van der Waals surface area contributed by atoms with Crippen molar-refractivity contribution in [2.45, 2.75) is 6.92 Å². The average Bonchev–Trinajstić information content (AvgIpc) is 2.82. The lowest BCUT2D eigenvalue weighted by molar-refractivity contribution is 0.112. The molecule has 4 nitrogen and oxygen atoms in total. The van der Waals surface area contributed by atoms with E-state index in [0.29, 0.717) is 10.6 Å². The summed E-state index contributed by atoms with van der Waals surface area (Å²) >= 11 is 1.38. The minimum absolute atomic E-state index is 0.618. The number of methoxy groups -OCH3 is 1. The molecule has 0 bridgehead atoms. The van der Waals surface area contributed by atoms with Crippen LogP contribution in [0.5, 0.6) is 5.75 Å². The van der Waals surface area contributed by atoms with Gasteiger partial charge >= 0.3 is 0 Å². The SMILES string of the molecule is COc1ccc(C)cc1-c1nc(N(C)C)sc1C=O. The molecule has 1 aromatic heterocycles. The molecule has 0 spiro atoms. The predicted octanol–water partition coefficient (Wildman–Crippen LogP) is 3.01. The van der Waals surface area contributed by atoms with Gasteiger partial charge in [-0.15, -0.1) is 0 Å². The zero-order valence-corrected chi connectivity index (χ0v) is 12.2. The fraction of sp³-hybridized carbons (Fsp3) is 0.286. The number of hydrogen-bond acceptors (Lipinski definition) is 5. The van der Waals surface area contributed by atoms with Crippen LogP contribution in [-0.4, -0.2) is 32.5 Å². The first kappa shape index (κ1) is 13.5. The van der Waals surface area contributed by atoms with E-state index in [1.165, 1.54) is 11.3 Å². The molecule has 0 amide bonds. The van der Waals surface area contributed by atoms with Crippen molar-refractivity contribution in [3.05, 3.63) is 28.6 Å². The van der Waals surface area contributed by atoms with Crippen molar-refractivity contribution in [1.82, 2.24) is 4.98 Å². The Balaban J connectivity index is 2.63. The summed E-state index contributed by atoms with van der Waals surface area (Å²) in [6, 6.07) is 5.86. The number of hydrogen-bond donors (Lipinski definition) is 0. The summed E-state index contributed by atoms with van der Waals surface area (Å²) in [5.74, 6) is 0.726. The molecule has 0 radical (unpaired) electrons. The average molecular weight is 276 g/mol. The van der Waals surface area contributed by atoms with Crippen molar-refractivity contribution in [2.24, 2.45) is 0 Å². The second-order valence-electron chi connectivity index (χ2n) is 4.43. The van der Waals surface area contributed by atoms with Crippen LogP contribution in [0.2, 0.25) is 0 Å². The molecule has 0 saturated carbocycles. The highest BCUT2D eigenvalue weighted by Gasteiger charge is 2.17. The normalized spacial score (nSPS) is 10.3. The molecule has 0 aliphatic heterocycles. The van der Waals surface area contributed by atoms with E-state index < -0.39 is 0 Å². The predicted molar refractivity (Wildman–Crippen MR) is 78.6 cm³/mol. The standard InChI is InChI=1S/C14H16N2O2S/c1-9-5-6-11(18-4)10(7-9)13-12(8-17)19-14(15-13)16(2)3/h5-8H,1-4H3. The van der Waals surface area contributed by atoms with E-state index >= 15 is 0 Å². The molecular weight excluding hydrogens is 260 g/mol. The Bertz CT molecular complexity index is 605. The first-order valence-corrected chi connectivity index (χ1v) is 6.66. The Morgan fingerprint density at radius 2 is 2.11 bits per heavy atom. The van der Waals surface area contributed by atoms with Crippen molar-refractivity contribution in [2.75, 3.05) is 26.1 Å². The summed E-state index contributed by atoms with van der Waals surface area (Å²) in [6.07, 6.45) is 0.849. The van der Waals surface area contributed by atoms with Crippen molar-refractivity contribution < 1.29 is 9.53 Å². The number of ether oxygens (including phenoxy) is 1. The minimum atomic E-state index is 0.618. The number of aryl methyl sites for hydroxylation is 1. The largest absolute Gasteiger partial charge is 0.496 e. The number of aldehydes is 1. The summed E-state index contributed by atoms with van der Waals surface area (Å²) < 4.78 is 5.36. The van der Waals surface area contributed by atoms with E-state index in [1.54, 1.807) is 7.11 Å². The second kappa shape index (κ2) is 5.40. The maximum Gasteiger partial charge on any atom is 0.186 e. The molecule has 0 saturated heterocycles. The first-order chi connectivity index (χ1) is 9.06. The van der Waals surface area contributed by atoms with Crippen LogP contribution in [0.15, 0.2) is 18.2 Å². The number of thiazole rings is 1. The summed E-state index contributed by atoms with van der Waals surface area (Å²) in [6.45, 7) is 2.00. The summed E-state index contributed by atoms with van der Waals surface area (Å²) in [4.78, 5) is 18.3. The van der Waals surface area contributed by atoms with Gasteiger partial charge in [0, 0.05) is 19.7 Å². The summed E-state index contributed by atoms with van der Waals surface area (Å²) in [5, 5.41) is 0.806. The van der Waals surface area contributed by atoms with E-state index in [4.69, 9.17) is 4.74 Å². The van der Waals surface area contributed by atoms with Crippen LogP contribution in [0.1, 0.15) is 15.2 Å². The molecule has 0 atom stereocenters. The topological polar surface area (TPSA) is 42.4 Å². The van der Waals surface area contributed by atoms with Crippen LogP contribution in [0.4, 0.5) is 5.13 Å². The fourth-order valence-corrected chi connectivity index (χ4v) is 2.61. The Morgan fingerprint density at radius 3 is 2.68 bits per heavy atom. The molecule has 1 heterocycles. The summed E-state index contributed by atoms with van der Waals surface area (Å²) in [5.41, 5.74) is 2.64. The number of nitrogens with zero attached hydrogens (tertiary/aromatic N) is 2. The van der Waals surface area contributed by atoms with E-state index in [-0.39, 0.29) is 0 Å². The molecule has 5 heteroatoms. The van der Waals surface area contributed by atoms with Crippen LogP contribution < -0.4 is 9.64 Å². The molecule has 1 aromatic carbocycles. The van der Waals surface area contributed by atoms with Gasteiger partial charge in [-0.25, -0.2) is 4.98 Å². The fourth-order valence-electron chi connectivity index (χ4n) is 1.79. The van der Waals surface area contributed by atoms with E-state index in [1.807, 2.05) is 44.1 Å². The van der Waals surface area contributed by atoms with Crippen molar-refractivity contribution in [1.29, 1.82) is 0 Å². The molecule has 0 unspecified atom stereocenters. The molecule has 2 aromatic rings. The molecule has 2 rings (SSSR count). The van der Waals surface area contributed by atoms with Crippen molar-refractivity contribution in [3.63, 3.8) is 0 Å². The maximum atomic E-state index is 11.2. The highest BCUT2D eigenvalue weighted by Crippen LogP contribution is 2.36. The Kier molecular flexibility index (Phi) is 3.85. The number of aromatic nitrogens is 1. The second-order valence-corrected chi connectivity index (χ2v) is 5.43. The first-order valence-electron chi connectivity index (χ1n) is 5.85. The summed E-state index contributed by atoms with van der Waals surface area (Å²) in [7, 11) is 5.43. The minimum Gasteiger partial charge on any atom is -0.496 e. The van der Waals surface area contributed by atoms with E-state index in [0.717, 1.165) is 28.3 Å². The number of rotatable bonds is 4. The number of anilines is 1. The smallest absolute Gasteiger partial charge is 0.186 e. The van der Waals surface area contributed by atoms with Gasteiger partial charge in [0.15, 0.2) is 11.4 Å². The van der Waals surface area contributed by atoms with Crippen LogP contribution in [0.3, 0.4) is 0 Å². The highest BCUT2D eigenvalue weighted by atomic mass is 32.1. The number of carbonyl (C=O) groups is 1. The van der Waals surface area contributed by atoms with E-state index in [2.05, 4.69) is 4.98 Å². The van der Waals surface area contributed by atoms with Gasteiger partial charge in [-0.2, -0.15) is 0 Å². The molecular formula is C14H16N2O2S. The lowest BCUT2D eigenvalue weighted by Crippen LogP contribution is -2.07. The van der Waals surface area contributed by atoms with Gasteiger partial charge in [-0.05, 0) is 19.1 Å². The van der Waals surface area contributed by atoms with E-state index in [9.17, 15) is 4.79 Å². The highest BCUT2D eigenvalue weighted by molar-refractivity contribution is 7.17. The Hall–Kier alpha value is -1.88. The van der Waals surface area contributed by atoms with Crippen LogP contribution in [-0.2, 0) is 0 Å². The third-order valence-corrected chi connectivity index (χ3v) is 3.89. The zero-order valence-electron chi connectivity index (χ0n) is 11.4. The molecule has 0 aliphatic rings. The lowest BCUT2D eigenvalue weighted by atomic mass is 10.1. The van der Waals surface area contributed by atoms with Gasteiger partial charge in [-0.3, -0.25) is 4.79 Å². The molecule has 0 aliphatic carbocycles. The number of carbonyl (C=O) groups excluding carboxylic acids is 1. The van der Waals surface area contributed by atoms with Crippen molar-refractivity contribution in [3.8, 4) is 17.0 Å². The molecule has 0 N–H and O–H groups in total. The zero-order chi connectivity index (χ0) is 14.0. The van der Waals surface area contributed by atoms with Gasteiger partial charge in [0.25, 0.3) is 0 Å². The third-order valence-electron chi connectivity index (χ3n) is 2.74. The van der Waals surface area contributed by atoms with Gasteiger partial charge in [0.1, 0.15) is 5.75 Å². The quantitative estimate of drug-likeness (QED) is 0.805. The Labute approximate surface area is 116 Å². The van der Waals surface area contributed by atoms with Crippen LogP contribution in [0, 0.1) is 6.92 Å². The Morgan fingerprint density at radius 1 is 1.37 bits per heavy atom. The van der Waals surface area contributed by atoms with Crippen LogP contribution in [0.25, 0.3) is 11.3 Å². The maximum absolute atomic E-state index is 11.2. The number of benzene rings is 1. The van der Waals surface area contributed by atoms with Crippen LogP contribution >= 0.6 is 11.3 Å². The molecule has 100 valence electrons. The molecule has 0 fully saturated rings. The van der Waals surface area contributed by atoms with Gasteiger partial charge in [0.2, 0.25) is 0 Å². The van der Waals surface area contributed by atoms with Gasteiger partial charge < -0.3 is 9.64 Å². The van der Waals surface area contributed by atoms with Gasteiger partial charge in [-0.1, -0.05) is 23.0 Å². The molecule has 19 heavy (non-hydrogen) atoms. The van der Waals surface area contributed by atoms with Gasteiger partial charge in [0.05, 0.1) is 17.7 Å². The monoisotopic (exact) mass is 276 g/mol.